The quantitative estimate of drug-likeness (QED) is 0.651. The molecule has 1 N–H and O–H groups in total. The number of likely N-dealkylation sites (tertiary alicyclic amines) is 1. The van der Waals surface area contributed by atoms with Crippen LogP contribution in [0.15, 0.2) is 0 Å². The highest BCUT2D eigenvalue weighted by molar-refractivity contribution is 5.83. The number of nitrogens with one attached hydrogen (secondary N) is 1. The van der Waals surface area contributed by atoms with Crippen LogP contribution in [0.5, 0.6) is 0 Å². The van der Waals surface area contributed by atoms with Crippen molar-refractivity contribution in [3.8, 4) is 0 Å². The molecule has 0 aliphatic carbocycles. The van der Waals surface area contributed by atoms with Gasteiger partial charge in [-0.05, 0) is 18.8 Å². The Morgan fingerprint density at radius 3 is 2.47 bits per heavy atom. The fourth-order valence-electron chi connectivity index (χ4n) is 2.73. The third kappa shape index (κ3) is 6.42. The maximum atomic E-state index is 12.1. The largest absolute Gasteiger partial charge is 0.341 e. The van der Waals surface area contributed by atoms with E-state index in [0.717, 1.165) is 31.8 Å². The van der Waals surface area contributed by atoms with Gasteiger partial charge in [0.25, 0.3) is 0 Å². The van der Waals surface area contributed by atoms with Crippen molar-refractivity contribution in [2.45, 2.75) is 78.3 Å². The van der Waals surface area contributed by atoms with Crippen molar-refractivity contribution in [3.05, 3.63) is 0 Å². The number of hydrogen-bond acceptors (Lipinski definition) is 2. The lowest BCUT2D eigenvalue weighted by Gasteiger charge is -2.18. The monoisotopic (exact) mass is 268 g/mol. The second-order valence-electron chi connectivity index (χ2n) is 6.58. The molecule has 0 aromatic heterocycles. The van der Waals surface area contributed by atoms with Crippen molar-refractivity contribution in [1.82, 2.24) is 10.2 Å². The molecule has 0 bridgehead atoms. The maximum Gasteiger partial charge on any atom is 0.239 e. The zero-order valence-electron chi connectivity index (χ0n) is 13.2. The van der Waals surface area contributed by atoms with E-state index in [0.29, 0.717) is 11.9 Å². The standard InChI is InChI=1S/C16H32N2O/c1-13(2)9-7-5-6-8-11-18-12-10-15(16(18)19)17-14(3)4/h13-15,17H,5-12H2,1-4H3. The van der Waals surface area contributed by atoms with E-state index in [1.165, 1.54) is 25.7 Å². The molecular formula is C16H32N2O. The van der Waals surface area contributed by atoms with Crippen LogP contribution in [0, 0.1) is 5.92 Å². The Labute approximate surface area is 119 Å². The van der Waals surface area contributed by atoms with Crippen molar-refractivity contribution in [2.24, 2.45) is 5.92 Å². The molecule has 1 amide bonds. The molecule has 1 rings (SSSR count). The van der Waals surface area contributed by atoms with E-state index in [-0.39, 0.29) is 6.04 Å². The molecule has 0 radical (unpaired) electrons. The number of carbonyl (C=O) groups excluding carboxylic acids is 1. The second-order valence-corrected chi connectivity index (χ2v) is 6.58. The smallest absolute Gasteiger partial charge is 0.239 e. The average Bonchev–Trinajstić information content (AvgIpc) is 2.65. The summed E-state index contributed by atoms with van der Waals surface area (Å²) in [6.07, 6.45) is 7.39. The van der Waals surface area contributed by atoms with Gasteiger partial charge in [0.15, 0.2) is 0 Å². The fourth-order valence-corrected chi connectivity index (χ4v) is 2.73. The summed E-state index contributed by atoms with van der Waals surface area (Å²) in [6, 6.07) is 0.464. The predicted molar refractivity (Wildman–Crippen MR) is 81.2 cm³/mol. The molecule has 3 heteroatoms. The van der Waals surface area contributed by atoms with Gasteiger partial charge in [0.1, 0.15) is 0 Å². The molecule has 0 aromatic carbocycles. The highest BCUT2D eigenvalue weighted by Crippen LogP contribution is 2.14. The number of unbranched alkanes of at least 4 members (excludes halogenated alkanes) is 3. The van der Waals surface area contributed by atoms with E-state index in [1.807, 2.05) is 4.90 Å². The molecule has 1 atom stereocenters. The molecule has 1 fully saturated rings. The molecule has 112 valence electrons. The van der Waals surface area contributed by atoms with Crippen LogP contribution >= 0.6 is 0 Å². The lowest BCUT2D eigenvalue weighted by atomic mass is 10.0. The van der Waals surface area contributed by atoms with E-state index in [2.05, 4.69) is 33.0 Å². The van der Waals surface area contributed by atoms with Gasteiger partial charge in [0.2, 0.25) is 5.91 Å². The van der Waals surface area contributed by atoms with Gasteiger partial charge < -0.3 is 10.2 Å². The Morgan fingerprint density at radius 1 is 1.16 bits per heavy atom. The van der Waals surface area contributed by atoms with Gasteiger partial charge in [-0.3, -0.25) is 4.79 Å². The van der Waals surface area contributed by atoms with Gasteiger partial charge in [-0.1, -0.05) is 53.4 Å². The Kier molecular flexibility index (Phi) is 7.44. The Morgan fingerprint density at radius 2 is 1.84 bits per heavy atom. The van der Waals surface area contributed by atoms with Gasteiger partial charge >= 0.3 is 0 Å². The third-order valence-corrected chi connectivity index (χ3v) is 3.79. The summed E-state index contributed by atoms with van der Waals surface area (Å²) in [6.45, 7) is 10.7. The van der Waals surface area contributed by atoms with Crippen molar-refractivity contribution >= 4 is 5.91 Å². The van der Waals surface area contributed by atoms with E-state index in [9.17, 15) is 4.79 Å². The maximum absolute atomic E-state index is 12.1. The number of carbonyl (C=O) groups is 1. The Bertz CT molecular complexity index is 263. The topological polar surface area (TPSA) is 32.3 Å². The highest BCUT2D eigenvalue weighted by atomic mass is 16.2. The minimum atomic E-state index is 0.0703. The molecule has 3 nitrogen and oxygen atoms in total. The van der Waals surface area contributed by atoms with E-state index < -0.39 is 0 Å². The molecule has 1 saturated heterocycles. The molecule has 0 saturated carbocycles. The number of nitrogens with zero attached hydrogens (tertiary/aromatic N) is 1. The van der Waals surface area contributed by atoms with Crippen molar-refractivity contribution < 1.29 is 4.79 Å². The summed E-state index contributed by atoms with van der Waals surface area (Å²) in [4.78, 5) is 14.2. The SMILES string of the molecule is CC(C)CCCCCCN1CCC(NC(C)C)C1=O. The Balaban J connectivity index is 2.09. The Hall–Kier alpha value is -0.570. The minimum absolute atomic E-state index is 0.0703. The molecule has 1 heterocycles. The number of rotatable bonds is 9. The van der Waals surface area contributed by atoms with E-state index in [4.69, 9.17) is 0 Å². The summed E-state index contributed by atoms with van der Waals surface area (Å²) in [5.41, 5.74) is 0. The number of amides is 1. The fraction of sp³-hybridized carbons (Fsp3) is 0.938. The highest BCUT2D eigenvalue weighted by Gasteiger charge is 2.30. The van der Waals surface area contributed by atoms with Crippen LogP contribution in [-0.2, 0) is 4.79 Å². The second kappa shape index (κ2) is 8.57. The molecule has 1 unspecified atom stereocenters. The van der Waals surface area contributed by atoms with Crippen LogP contribution in [0.1, 0.15) is 66.2 Å². The van der Waals surface area contributed by atoms with Crippen molar-refractivity contribution in [2.75, 3.05) is 13.1 Å². The zero-order chi connectivity index (χ0) is 14.3. The first-order valence-electron chi connectivity index (χ1n) is 8.05. The van der Waals surface area contributed by atoms with Crippen molar-refractivity contribution in [3.63, 3.8) is 0 Å². The first kappa shape index (κ1) is 16.5. The first-order valence-corrected chi connectivity index (χ1v) is 8.05. The van der Waals surface area contributed by atoms with Crippen LogP contribution in [0.4, 0.5) is 0 Å². The lowest BCUT2D eigenvalue weighted by molar-refractivity contribution is -0.129. The van der Waals surface area contributed by atoms with Gasteiger partial charge in [0.05, 0.1) is 6.04 Å². The van der Waals surface area contributed by atoms with Gasteiger partial charge in [0, 0.05) is 19.1 Å². The molecule has 0 spiro atoms. The van der Waals surface area contributed by atoms with E-state index >= 15 is 0 Å². The average molecular weight is 268 g/mol. The first-order chi connectivity index (χ1) is 9.00. The predicted octanol–water partition coefficient (Wildman–Crippen LogP) is 3.19. The van der Waals surface area contributed by atoms with E-state index in [1.54, 1.807) is 0 Å². The zero-order valence-corrected chi connectivity index (χ0v) is 13.2. The summed E-state index contributed by atoms with van der Waals surface area (Å²) in [7, 11) is 0. The molecule has 1 aliphatic heterocycles. The molecule has 1 aliphatic rings. The molecular weight excluding hydrogens is 236 g/mol. The normalized spacial score (nSPS) is 20.0. The summed E-state index contributed by atoms with van der Waals surface area (Å²) in [5, 5.41) is 3.35. The van der Waals surface area contributed by atoms with Crippen LogP contribution in [-0.4, -0.2) is 36.0 Å². The molecule has 0 aromatic rings. The lowest BCUT2D eigenvalue weighted by Crippen LogP contribution is -2.41. The van der Waals surface area contributed by atoms with Gasteiger partial charge in [-0.2, -0.15) is 0 Å². The molecule has 19 heavy (non-hydrogen) atoms. The summed E-state index contributed by atoms with van der Waals surface area (Å²) >= 11 is 0. The van der Waals surface area contributed by atoms with Crippen LogP contribution < -0.4 is 5.32 Å². The third-order valence-electron chi connectivity index (χ3n) is 3.79. The van der Waals surface area contributed by atoms with Gasteiger partial charge in [-0.25, -0.2) is 0 Å². The summed E-state index contributed by atoms with van der Waals surface area (Å²) < 4.78 is 0. The van der Waals surface area contributed by atoms with Gasteiger partial charge in [-0.15, -0.1) is 0 Å². The minimum Gasteiger partial charge on any atom is -0.341 e. The van der Waals surface area contributed by atoms with Crippen LogP contribution in [0.2, 0.25) is 0 Å². The van der Waals surface area contributed by atoms with Crippen LogP contribution in [0.3, 0.4) is 0 Å². The van der Waals surface area contributed by atoms with Crippen LogP contribution in [0.25, 0.3) is 0 Å². The number of hydrogen-bond donors (Lipinski definition) is 1. The van der Waals surface area contributed by atoms with Crippen molar-refractivity contribution in [1.29, 1.82) is 0 Å². The summed E-state index contributed by atoms with van der Waals surface area (Å²) in [5.74, 6) is 1.14.